The molecule has 1 aromatic carbocycles. The summed E-state index contributed by atoms with van der Waals surface area (Å²) in [6.07, 6.45) is -1.11. The largest absolute Gasteiger partial charge is 0.495 e. The van der Waals surface area contributed by atoms with E-state index < -0.39 is 28.1 Å². The molecular formula is C13H17NO6S. The first-order chi connectivity index (χ1) is 9.77. The predicted molar refractivity (Wildman–Crippen MR) is 73.7 cm³/mol. The number of rotatable bonds is 4. The number of β-amino-alcohol motifs (C(OH)–C–C–N with tert-alkyl or cyclic N) is 1. The third-order valence-electron chi connectivity index (χ3n) is 3.42. The quantitative estimate of drug-likeness (QED) is 0.823. The third-order valence-corrected chi connectivity index (χ3v) is 5.32. The van der Waals surface area contributed by atoms with Gasteiger partial charge in [0.15, 0.2) is 0 Å². The zero-order valence-corrected chi connectivity index (χ0v) is 12.5. The maximum Gasteiger partial charge on any atom is 0.322 e. The van der Waals surface area contributed by atoms with Gasteiger partial charge in [0.1, 0.15) is 16.7 Å². The van der Waals surface area contributed by atoms with E-state index in [1.54, 1.807) is 13.0 Å². The van der Waals surface area contributed by atoms with Crippen LogP contribution in [0.1, 0.15) is 12.0 Å². The highest BCUT2D eigenvalue weighted by Crippen LogP contribution is 2.32. The van der Waals surface area contributed by atoms with E-state index in [1.165, 1.54) is 19.2 Å². The molecule has 0 aromatic heterocycles. The van der Waals surface area contributed by atoms with Crippen molar-refractivity contribution in [3.63, 3.8) is 0 Å². The van der Waals surface area contributed by atoms with Crippen LogP contribution in [-0.4, -0.2) is 54.7 Å². The molecule has 0 radical (unpaired) electrons. The van der Waals surface area contributed by atoms with Gasteiger partial charge in [-0.1, -0.05) is 6.07 Å². The van der Waals surface area contributed by atoms with Gasteiger partial charge >= 0.3 is 5.97 Å². The monoisotopic (exact) mass is 315 g/mol. The van der Waals surface area contributed by atoms with E-state index in [0.717, 1.165) is 4.31 Å². The number of carbonyl (C=O) groups is 1. The van der Waals surface area contributed by atoms with Crippen molar-refractivity contribution in [2.24, 2.45) is 0 Å². The Morgan fingerprint density at radius 3 is 2.67 bits per heavy atom. The predicted octanol–water partition coefficient (Wildman–Crippen LogP) is 0.212. The summed E-state index contributed by atoms with van der Waals surface area (Å²) in [5.74, 6) is -1.13. The molecule has 1 fully saturated rings. The number of benzene rings is 1. The zero-order valence-electron chi connectivity index (χ0n) is 11.7. The first-order valence-electron chi connectivity index (χ1n) is 6.34. The minimum atomic E-state index is -4.06. The van der Waals surface area contributed by atoms with Gasteiger partial charge in [-0.2, -0.15) is 4.31 Å². The SMILES string of the molecule is COc1ccc(C)cc1S(=O)(=O)N1CC(O)CC1C(=O)O. The number of carboxylic acids is 1. The number of methoxy groups -OCH3 is 1. The lowest BCUT2D eigenvalue weighted by Crippen LogP contribution is -2.40. The molecule has 2 unspecified atom stereocenters. The Balaban J connectivity index is 2.51. The van der Waals surface area contributed by atoms with Crippen LogP contribution in [0, 0.1) is 6.92 Å². The molecule has 0 amide bonds. The first kappa shape index (κ1) is 15.7. The molecule has 8 heteroatoms. The van der Waals surface area contributed by atoms with Crippen molar-refractivity contribution in [3.8, 4) is 5.75 Å². The first-order valence-corrected chi connectivity index (χ1v) is 7.78. The van der Waals surface area contributed by atoms with Gasteiger partial charge in [0.25, 0.3) is 0 Å². The van der Waals surface area contributed by atoms with Crippen molar-refractivity contribution >= 4 is 16.0 Å². The number of sulfonamides is 1. The van der Waals surface area contributed by atoms with Crippen LogP contribution in [-0.2, 0) is 14.8 Å². The maximum atomic E-state index is 12.7. The summed E-state index contributed by atoms with van der Waals surface area (Å²) in [7, 11) is -2.72. The number of aliphatic carboxylic acids is 1. The van der Waals surface area contributed by atoms with Gasteiger partial charge in [-0.3, -0.25) is 4.79 Å². The van der Waals surface area contributed by atoms with E-state index in [9.17, 15) is 18.3 Å². The fourth-order valence-electron chi connectivity index (χ4n) is 2.39. The van der Waals surface area contributed by atoms with Crippen LogP contribution in [0.15, 0.2) is 23.1 Å². The lowest BCUT2D eigenvalue weighted by atomic mass is 10.2. The number of carboxylic acid groups (broad SMARTS) is 1. The van der Waals surface area contributed by atoms with Crippen molar-refractivity contribution in [1.29, 1.82) is 0 Å². The second-order valence-corrected chi connectivity index (χ2v) is 6.83. The van der Waals surface area contributed by atoms with Crippen molar-refractivity contribution in [3.05, 3.63) is 23.8 Å². The van der Waals surface area contributed by atoms with Crippen LogP contribution in [0.5, 0.6) is 5.75 Å². The average molecular weight is 315 g/mol. The van der Waals surface area contributed by atoms with Crippen LogP contribution in [0.3, 0.4) is 0 Å². The Morgan fingerprint density at radius 2 is 2.10 bits per heavy atom. The summed E-state index contributed by atoms with van der Waals surface area (Å²) in [6, 6.07) is 3.38. The van der Waals surface area contributed by atoms with Gasteiger partial charge in [-0.05, 0) is 24.6 Å². The van der Waals surface area contributed by atoms with E-state index in [1.807, 2.05) is 0 Å². The van der Waals surface area contributed by atoms with Crippen molar-refractivity contribution in [2.45, 2.75) is 30.4 Å². The molecule has 0 spiro atoms. The van der Waals surface area contributed by atoms with Gasteiger partial charge < -0.3 is 14.9 Å². The fraction of sp³-hybridized carbons (Fsp3) is 0.462. The van der Waals surface area contributed by atoms with Crippen LogP contribution in [0.4, 0.5) is 0 Å². The fourth-order valence-corrected chi connectivity index (χ4v) is 4.26. The number of hydrogen-bond acceptors (Lipinski definition) is 5. The van der Waals surface area contributed by atoms with Crippen molar-refractivity contribution in [2.75, 3.05) is 13.7 Å². The number of aliphatic hydroxyl groups is 1. The molecule has 0 aliphatic carbocycles. The summed E-state index contributed by atoms with van der Waals surface area (Å²) in [4.78, 5) is 11.1. The Bertz CT molecular complexity index is 657. The average Bonchev–Trinajstić information content (AvgIpc) is 2.82. The number of hydrogen-bond donors (Lipinski definition) is 2. The highest BCUT2D eigenvalue weighted by molar-refractivity contribution is 7.89. The molecular weight excluding hydrogens is 298 g/mol. The molecule has 1 aliphatic heterocycles. The minimum absolute atomic E-state index is 0.0923. The third kappa shape index (κ3) is 2.87. The molecule has 21 heavy (non-hydrogen) atoms. The molecule has 1 aromatic rings. The summed E-state index contributed by atoms with van der Waals surface area (Å²) < 4.78 is 31.3. The maximum absolute atomic E-state index is 12.7. The number of ether oxygens (including phenoxy) is 1. The lowest BCUT2D eigenvalue weighted by molar-refractivity contribution is -0.140. The van der Waals surface area contributed by atoms with Gasteiger partial charge in [-0.15, -0.1) is 0 Å². The molecule has 7 nitrogen and oxygen atoms in total. The van der Waals surface area contributed by atoms with E-state index in [0.29, 0.717) is 5.56 Å². The molecule has 2 rings (SSSR count). The Hall–Kier alpha value is -1.64. The molecule has 2 N–H and O–H groups in total. The van der Waals surface area contributed by atoms with E-state index in [4.69, 9.17) is 9.84 Å². The van der Waals surface area contributed by atoms with E-state index >= 15 is 0 Å². The Labute approximate surface area is 122 Å². The van der Waals surface area contributed by atoms with Crippen LogP contribution in [0.2, 0.25) is 0 Å². The zero-order chi connectivity index (χ0) is 15.8. The smallest absolute Gasteiger partial charge is 0.322 e. The number of nitrogens with zero attached hydrogens (tertiary/aromatic N) is 1. The van der Waals surface area contributed by atoms with E-state index in [-0.39, 0.29) is 23.6 Å². The van der Waals surface area contributed by atoms with Crippen molar-refractivity contribution in [1.82, 2.24) is 4.31 Å². The summed E-state index contributed by atoms with van der Waals surface area (Å²) in [6.45, 7) is 1.49. The molecule has 2 atom stereocenters. The Morgan fingerprint density at radius 1 is 1.43 bits per heavy atom. The molecule has 0 saturated carbocycles. The van der Waals surface area contributed by atoms with Crippen LogP contribution in [0.25, 0.3) is 0 Å². The summed E-state index contributed by atoms with van der Waals surface area (Å²) >= 11 is 0. The van der Waals surface area contributed by atoms with E-state index in [2.05, 4.69) is 0 Å². The van der Waals surface area contributed by atoms with Crippen molar-refractivity contribution < 1.29 is 28.2 Å². The Kier molecular flexibility index (Phi) is 4.22. The minimum Gasteiger partial charge on any atom is -0.495 e. The number of aryl methyl sites for hydroxylation is 1. The summed E-state index contributed by atoms with van der Waals surface area (Å²) in [5.41, 5.74) is 0.709. The molecule has 1 saturated heterocycles. The topological polar surface area (TPSA) is 104 Å². The molecule has 1 heterocycles. The normalized spacial score (nSPS) is 23.2. The highest BCUT2D eigenvalue weighted by Gasteiger charge is 2.44. The lowest BCUT2D eigenvalue weighted by Gasteiger charge is -2.22. The molecule has 116 valence electrons. The summed E-state index contributed by atoms with van der Waals surface area (Å²) in [5, 5.41) is 18.8. The van der Waals surface area contributed by atoms with Gasteiger partial charge in [0.2, 0.25) is 10.0 Å². The number of aliphatic hydroxyl groups excluding tert-OH is 1. The van der Waals surface area contributed by atoms with Gasteiger partial charge in [-0.25, -0.2) is 8.42 Å². The second kappa shape index (κ2) is 5.63. The highest BCUT2D eigenvalue weighted by atomic mass is 32.2. The molecule has 1 aliphatic rings. The standard InChI is InChI=1S/C13H17NO6S/c1-8-3-4-11(20-2)12(5-8)21(18,19)14-7-9(15)6-10(14)13(16)17/h3-5,9-10,15H,6-7H2,1-2H3,(H,16,17). The second-order valence-electron chi connectivity index (χ2n) is 4.97. The van der Waals surface area contributed by atoms with Crippen LogP contribution >= 0.6 is 0 Å². The van der Waals surface area contributed by atoms with Gasteiger partial charge in [0.05, 0.1) is 13.2 Å². The molecule has 0 bridgehead atoms. The van der Waals surface area contributed by atoms with Gasteiger partial charge in [0, 0.05) is 13.0 Å². The van der Waals surface area contributed by atoms with Crippen LogP contribution < -0.4 is 4.74 Å².